The fourth-order valence-electron chi connectivity index (χ4n) is 0.280. The van der Waals surface area contributed by atoms with E-state index in [0.29, 0.717) is 5.92 Å². The van der Waals surface area contributed by atoms with Crippen LogP contribution in [0, 0.1) is 24.2 Å². The second kappa shape index (κ2) is 14.8. The van der Waals surface area contributed by atoms with Crippen molar-refractivity contribution in [3.8, 4) is 12.3 Å². The summed E-state index contributed by atoms with van der Waals surface area (Å²) in [4.78, 5) is 10.3. The first kappa shape index (κ1) is 21.1. The van der Waals surface area contributed by atoms with E-state index >= 15 is 0 Å². The third-order valence-corrected chi connectivity index (χ3v) is 0.852. The fourth-order valence-corrected chi connectivity index (χ4v) is 0.280. The van der Waals surface area contributed by atoms with Crippen molar-refractivity contribution < 1.29 is 9.53 Å². The van der Waals surface area contributed by atoms with Gasteiger partial charge >= 0.3 is 5.97 Å². The molecule has 0 fully saturated rings. The number of terminal acetylenes is 1. The van der Waals surface area contributed by atoms with Crippen LogP contribution in [-0.2, 0) is 9.53 Å². The first-order valence-corrected chi connectivity index (χ1v) is 5.96. The van der Waals surface area contributed by atoms with Gasteiger partial charge in [-0.05, 0) is 19.8 Å². The number of carbonyl (C=O) groups is 1. The SMILES string of the molecule is C#CC(C)C.C=CC(=O)OC(C)C.CC(C)C. The van der Waals surface area contributed by atoms with Gasteiger partial charge in [0.25, 0.3) is 0 Å². The summed E-state index contributed by atoms with van der Waals surface area (Å²) < 4.78 is 4.64. The van der Waals surface area contributed by atoms with E-state index in [9.17, 15) is 4.79 Å². The molecule has 0 aliphatic carbocycles. The minimum Gasteiger partial charge on any atom is -0.460 e. The van der Waals surface area contributed by atoms with Crippen LogP contribution < -0.4 is 0 Å². The Labute approximate surface area is 107 Å². The molecular weight excluding hydrogens is 212 g/mol. The molecule has 0 aliphatic rings. The van der Waals surface area contributed by atoms with Gasteiger partial charge in [-0.3, -0.25) is 0 Å². The molecule has 0 aromatic heterocycles. The zero-order valence-corrected chi connectivity index (χ0v) is 12.4. The lowest BCUT2D eigenvalue weighted by molar-refractivity contribution is -0.141. The Bertz CT molecular complexity index is 217. The molecule has 0 aromatic carbocycles. The molecule has 0 bridgehead atoms. The molecule has 2 heteroatoms. The molecule has 0 saturated carbocycles. The molecule has 2 nitrogen and oxygen atoms in total. The van der Waals surface area contributed by atoms with Gasteiger partial charge < -0.3 is 4.74 Å². The maximum Gasteiger partial charge on any atom is 0.330 e. The monoisotopic (exact) mass is 240 g/mol. The Hall–Kier alpha value is -1.23. The molecular formula is C15H28O2. The predicted molar refractivity (Wildman–Crippen MR) is 75.6 cm³/mol. The molecule has 0 radical (unpaired) electrons. The minimum atomic E-state index is -0.361. The summed E-state index contributed by atoms with van der Waals surface area (Å²) in [6.45, 7) is 17.3. The van der Waals surface area contributed by atoms with Crippen LogP contribution in [0.5, 0.6) is 0 Å². The van der Waals surface area contributed by atoms with E-state index in [1.165, 1.54) is 0 Å². The summed E-state index contributed by atoms with van der Waals surface area (Å²) in [7, 11) is 0. The minimum absolute atomic E-state index is 0.0412. The van der Waals surface area contributed by atoms with Gasteiger partial charge in [0, 0.05) is 12.0 Å². The van der Waals surface area contributed by atoms with E-state index < -0.39 is 0 Å². The van der Waals surface area contributed by atoms with Crippen LogP contribution in [0.3, 0.4) is 0 Å². The molecule has 0 N–H and O–H groups in total. The molecule has 0 rings (SSSR count). The lowest BCUT2D eigenvalue weighted by atomic mass is 10.2. The van der Waals surface area contributed by atoms with Crippen molar-refractivity contribution in [1.82, 2.24) is 0 Å². The second-order valence-corrected chi connectivity index (χ2v) is 4.74. The van der Waals surface area contributed by atoms with Crippen molar-refractivity contribution in [2.45, 2.75) is 54.6 Å². The zero-order chi connectivity index (χ0) is 14.4. The Morgan fingerprint density at radius 1 is 1.18 bits per heavy atom. The average Bonchev–Trinajstić information content (AvgIpc) is 2.16. The summed E-state index contributed by atoms with van der Waals surface area (Å²) in [5.74, 6) is 3.41. The quantitative estimate of drug-likeness (QED) is 0.413. The second-order valence-electron chi connectivity index (χ2n) is 4.74. The summed E-state index contributed by atoms with van der Waals surface area (Å²) >= 11 is 0. The van der Waals surface area contributed by atoms with E-state index in [0.717, 1.165) is 12.0 Å². The van der Waals surface area contributed by atoms with Gasteiger partial charge in [-0.25, -0.2) is 4.79 Å². The van der Waals surface area contributed by atoms with Crippen LogP contribution in [-0.4, -0.2) is 12.1 Å². The number of carbonyl (C=O) groups excluding carboxylic acids is 1. The van der Waals surface area contributed by atoms with Crippen LogP contribution in [0.2, 0.25) is 0 Å². The fraction of sp³-hybridized carbons (Fsp3) is 0.667. The Morgan fingerprint density at radius 2 is 1.47 bits per heavy atom. The number of esters is 1. The molecule has 0 atom stereocenters. The normalized spacial score (nSPS) is 8.53. The Kier molecular flexibility index (Phi) is 18.3. The highest BCUT2D eigenvalue weighted by molar-refractivity contribution is 5.81. The molecule has 0 unspecified atom stereocenters. The van der Waals surface area contributed by atoms with Crippen LogP contribution in [0.15, 0.2) is 12.7 Å². The highest BCUT2D eigenvalue weighted by atomic mass is 16.5. The molecule has 0 aromatic rings. The highest BCUT2D eigenvalue weighted by Gasteiger charge is 1.96. The summed E-state index contributed by atoms with van der Waals surface area (Å²) in [6, 6.07) is 0. The molecule has 0 aliphatic heterocycles. The van der Waals surface area contributed by atoms with Crippen molar-refractivity contribution in [1.29, 1.82) is 0 Å². The Balaban J connectivity index is -0.000000188. The van der Waals surface area contributed by atoms with Gasteiger partial charge in [-0.2, -0.15) is 0 Å². The van der Waals surface area contributed by atoms with Crippen LogP contribution in [0.4, 0.5) is 0 Å². The van der Waals surface area contributed by atoms with Crippen LogP contribution >= 0.6 is 0 Å². The van der Waals surface area contributed by atoms with Gasteiger partial charge in [0.15, 0.2) is 0 Å². The third-order valence-electron chi connectivity index (χ3n) is 0.852. The lowest BCUT2D eigenvalue weighted by Crippen LogP contribution is -2.07. The molecule has 0 amide bonds. The summed E-state index contributed by atoms with van der Waals surface area (Å²) in [6.07, 6.45) is 6.03. The van der Waals surface area contributed by atoms with Gasteiger partial charge in [-0.1, -0.05) is 41.2 Å². The standard InChI is InChI=1S/C6H10O2.C5H8.C4H10/c1-4-6(7)8-5(2)3;1-4-5(2)3;1-4(2)3/h4-5H,1H2,2-3H3;1,5H,2-3H3;4H,1-3H3. The Morgan fingerprint density at radius 3 is 1.53 bits per heavy atom. The predicted octanol–water partition coefficient (Wildman–Crippen LogP) is 4.06. The van der Waals surface area contributed by atoms with Gasteiger partial charge in [0.2, 0.25) is 0 Å². The maximum atomic E-state index is 10.3. The van der Waals surface area contributed by atoms with E-state index in [-0.39, 0.29) is 12.1 Å². The molecule has 0 saturated heterocycles. The summed E-state index contributed by atoms with van der Waals surface area (Å²) in [5, 5.41) is 0. The number of rotatable bonds is 2. The topological polar surface area (TPSA) is 26.3 Å². The van der Waals surface area contributed by atoms with Crippen molar-refractivity contribution in [2.24, 2.45) is 11.8 Å². The molecule has 0 spiro atoms. The number of ether oxygens (including phenoxy) is 1. The number of hydrogen-bond acceptors (Lipinski definition) is 2. The third kappa shape index (κ3) is 52.6. The van der Waals surface area contributed by atoms with E-state index in [2.05, 4.69) is 38.0 Å². The molecule has 100 valence electrons. The van der Waals surface area contributed by atoms with Crippen molar-refractivity contribution in [3.05, 3.63) is 12.7 Å². The van der Waals surface area contributed by atoms with Gasteiger partial charge in [-0.15, -0.1) is 12.3 Å². The van der Waals surface area contributed by atoms with Crippen molar-refractivity contribution >= 4 is 5.97 Å². The van der Waals surface area contributed by atoms with Gasteiger partial charge in [0.05, 0.1) is 6.10 Å². The van der Waals surface area contributed by atoms with Crippen LogP contribution in [0.25, 0.3) is 0 Å². The van der Waals surface area contributed by atoms with Crippen molar-refractivity contribution in [3.63, 3.8) is 0 Å². The molecule has 17 heavy (non-hydrogen) atoms. The van der Waals surface area contributed by atoms with E-state index in [4.69, 9.17) is 6.42 Å². The largest absolute Gasteiger partial charge is 0.460 e. The lowest BCUT2D eigenvalue weighted by Gasteiger charge is -2.02. The number of hydrogen-bond donors (Lipinski definition) is 0. The highest BCUT2D eigenvalue weighted by Crippen LogP contribution is 1.87. The first-order valence-electron chi connectivity index (χ1n) is 5.96. The first-order chi connectivity index (χ1) is 7.67. The van der Waals surface area contributed by atoms with Crippen molar-refractivity contribution in [2.75, 3.05) is 0 Å². The van der Waals surface area contributed by atoms with Crippen LogP contribution in [0.1, 0.15) is 48.5 Å². The zero-order valence-electron chi connectivity index (χ0n) is 12.4. The van der Waals surface area contributed by atoms with E-state index in [1.807, 2.05) is 13.8 Å². The average molecular weight is 240 g/mol. The summed E-state index contributed by atoms with van der Waals surface area (Å²) in [5.41, 5.74) is 0. The maximum absolute atomic E-state index is 10.3. The smallest absolute Gasteiger partial charge is 0.330 e. The van der Waals surface area contributed by atoms with Gasteiger partial charge in [0.1, 0.15) is 0 Å². The van der Waals surface area contributed by atoms with E-state index in [1.54, 1.807) is 13.8 Å². The molecule has 0 heterocycles.